The summed E-state index contributed by atoms with van der Waals surface area (Å²) in [7, 11) is 0. The van der Waals surface area contributed by atoms with Crippen molar-refractivity contribution in [3.63, 3.8) is 0 Å². The normalized spacial score (nSPS) is 10.5. The second kappa shape index (κ2) is 5.06. The van der Waals surface area contributed by atoms with Crippen LogP contribution in [0.5, 0.6) is 0 Å². The summed E-state index contributed by atoms with van der Waals surface area (Å²) in [4.78, 5) is 12.5. The molecule has 0 aliphatic rings. The summed E-state index contributed by atoms with van der Waals surface area (Å²) in [5.41, 5.74) is -0.461. The summed E-state index contributed by atoms with van der Waals surface area (Å²) in [6.45, 7) is 0. The molecule has 17 heavy (non-hydrogen) atoms. The van der Waals surface area contributed by atoms with E-state index < -0.39 is 23.0 Å². The van der Waals surface area contributed by atoms with Crippen LogP contribution in [0.2, 0.25) is 0 Å². The Morgan fingerprint density at radius 1 is 1.18 bits per heavy atom. The predicted octanol–water partition coefficient (Wildman–Crippen LogP) is 4.21. The summed E-state index contributed by atoms with van der Waals surface area (Å²) in [6, 6.07) is 6.96. The van der Waals surface area contributed by atoms with Crippen molar-refractivity contribution < 1.29 is 13.6 Å². The minimum Gasteiger partial charge on any atom is -0.294 e. The summed E-state index contributed by atoms with van der Waals surface area (Å²) < 4.78 is 27.6. The first kappa shape index (κ1) is 12.4. The molecule has 0 atom stereocenters. The molecule has 0 fully saturated rings. The van der Waals surface area contributed by atoms with E-state index in [1.807, 2.05) is 0 Å². The third kappa shape index (κ3) is 2.79. The van der Waals surface area contributed by atoms with Crippen LogP contribution in [0.4, 0.5) is 8.78 Å². The van der Waals surface area contributed by atoms with Gasteiger partial charge in [0.2, 0.25) is 0 Å². The lowest BCUT2D eigenvalue weighted by Crippen LogP contribution is -2.08. The molecule has 0 saturated carbocycles. The van der Waals surface area contributed by atoms with Crippen LogP contribution in [-0.2, 0) is 6.42 Å². The average molecular weight is 317 g/mol. The minimum atomic E-state index is -0.814. The van der Waals surface area contributed by atoms with Crippen LogP contribution in [0.25, 0.3) is 0 Å². The fourth-order valence-electron chi connectivity index (χ4n) is 1.46. The highest BCUT2D eigenvalue weighted by molar-refractivity contribution is 9.11. The molecule has 0 aliphatic carbocycles. The van der Waals surface area contributed by atoms with E-state index in [4.69, 9.17) is 0 Å². The monoisotopic (exact) mass is 316 g/mol. The Morgan fingerprint density at radius 2 is 1.82 bits per heavy atom. The summed E-state index contributed by atoms with van der Waals surface area (Å²) in [5, 5.41) is 0. The van der Waals surface area contributed by atoms with Gasteiger partial charge >= 0.3 is 0 Å². The second-order valence-corrected chi connectivity index (χ2v) is 5.95. The average Bonchev–Trinajstić information content (AvgIpc) is 2.63. The second-order valence-electron chi connectivity index (χ2n) is 3.40. The number of hydrogen-bond acceptors (Lipinski definition) is 2. The maximum atomic E-state index is 13.3. The maximum Gasteiger partial charge on any atom is 0.173 e. The van der Waals surface area contributed by atoms with Crippen molar-refractivity contribution >= 4 is 33.0 Å². The zero-order valence-electron chi connectivity index (χ0n) is 8.54. The number of carbonyl (C=O) groups is 1. The van der Waals surface area contributed by atoms with Crippen LogP contribution in [0.3, 0.4) is 0 Å². The molecule has 1 nitrogen and oxygen atoms in total. The van der Waals surface area contributed by atoms with E-state index in [-0.39, 0.29) is 6.42 Å². The van der Waals surface area contributed by atoms with Crippen LogP contribution in [-0.4, -0.2) is 5.78 Å². The molecule has 1 aromatic carbocycles. The molecule has 88 valence electrons. The number of ketones is 1. The van der Waals surface area contributed by atoms with E-state index in [1.165, 1.54) is 17.4 Å². The molecular formula is C12H7BrF2OS. The SMILES string of the molecule is O=C(Cc1ccc(Br)s1)c1c(F)cccc1F. The molecule has 5 heteroatoms. The Kier molecular flexibility index (Phi) is 3.69. The quantitative estimate of drug-likeness (QED) is 0.775. The number of thiophene rings is 1. The maximum absolute atomic E-state index is 13.3. The van der Waals surface area contributed by atoms with Gasteiger partial charge in [0.1, 0.15) is 11.6 Å². The van der Waals surface area contributed by atoms with Crippen LogP contribution in [0.15, 0.2) is 34.1 Å². The van der Waals surface area contributed by atoms with Crippen molar-refractivity contribution in [1.82, 2.24) is 0 Å². The van der Waals surface area contributed by atoms with E-state index in [2.05, 4.69) is 15.9 Å². The first-order chi connectivity index (χ1) is 8.08. The molecule has 1 aromatic heterocycles. The van der Waals surface area contributed by atoms with Crippen molar-refractivity contribution in [1.29, 1.82) is 0 Å². The van der Waals surface area contributed by atoms with Crippen molar-refractivity contribution in [2.45, 2.75) is 6.42 Å². The molecule has 0 spiro atoms. The summed E-state index contributed by atoms with van der Waals surface area (Å²) in [6.07, 6.45) is 0.00806. The molecule has 0 N–H and O–H groups in total. The molecule has 0 radical (unpaired) electrons. The lowest BCUT2D eigenvalue weighted by molar-refractivity contribution is 0.0986. The molecule has 0 aliphatic heterocycles. The van der Waals surface area contributed by atoms with Crippen molar-refractivity contribution in [2.24, 2.45) is 0 Å². The van der Waals surface area contributed by atoms with E-state index in [0.29, 0.717) is 0 Å². The highest BCUT2D eigenvalue weighted by atomic mass is 79.9. The Hall–Kier alpha value is -1.07. The van der Waals surface area contributed by atoms with Gasteiger partial charge in [-0.3, -0.25) is 4.79 Å². The number of hydrogen-bond donors (Lipinski definition) is 0. The van der Waals surface area contributed by atoms with E-state index in [1.54, 1.807) is 12.1 Å². The van der Waals surface area contributed by atoms with Gasteiger partial charge in [0, 0.05) is 11.3 Å². The number of carbonyl (C=O) groups excluding carboxylic acids is 1. The van der Waals surface area contributed by atoms with E-state index in [0.717, 1.165) is 20.8 Å². The molecule has 2 aromatic rings. The van der Waals surface area contributed by atoms with Crippen LogP contribution in [0, 0.1) is 11.6 Å². The van der Waals surface area contributed by atoms with Crippen molar-refractivity contribution in [3.8, 4) is 0 Å². The molecule has 0 bridgehead atoms. The largest absolute Gasteiger partial charge is 0.294 e. The highest BCUT2D eigenvalue weighted by Crippen LogP contribution is 2.24. The third-order valence-corrected chi connectivity index (χ3v) is 3.83. The number of halogens is 3. The Labute approximate surface area is 109 Å². The number of Topliss-reactive ketones (excluding diaryl/α,β-unsaturated/α-hetero) is 1. The lowest BCUT2D eigenvalue weighted by atomic mass is 10.1. The standard InChI is InChI=1S/C12H7BrF2OS/c13-11-5-4-7(17-11)6-10(16)12-8(14)2-1-3-9(12)15/h1-5H,6H2. The molecule has 1 heterocycles. The predicted molar refractivity (Wildman–Crippen MR) is 66.4 cm³/mol. The molecule has 0 unspecified atom stereocenters. The molecule has 0 amide bonds. The zero-order valence-corrected chi connectivity index (χ0v) is 10.9. The third-order valence-electron chi connectivity index (χ3n) is 2.21. The smallest absolute Gasteiger partial charge is 0.173 e. The van der Waals surface area contributed by atoms with Gasteiger partial charge in [-0.15, -0.1) is 11.3 Å². The van der Waals surface area contributed by atoms with E-state index >= 15 is 0 Å². The van der Waals surface area contributed by atoms with Gasteiger partial charge in [-0.05, 0) is 40.2 Å². The lowest BCUT2D eigenvalue weighted by Gasteiger charge is -2.02. The summed E-state index contributed by atoms with van der Waals surface area (Å²) in [5.74, 6) is -2.17. The van der Waals surface area contributed by atoms with Gasteiger partial charge in [0.25, 0.3) is 0 Å². The fourth-order valence-corrected chi connectivity index (χ4v) is 2.94. The Balaban J connectivity index is 2.26. The zero-order chi connectivity index (χ0) is 12.4. The number of rotatable bonds is 3. The molecule has 0 saturated heterocycles. The fraction of sp³-hybridized carbons (Fsp3) is 0.0833. The van der Waals surface area contributed by atoms with Gasteiger partial charge < -0.3 is 0 Å². The van der Waals surface area contributed by atoms with E-state index in [9.17, 15) is 13.6 Å². The summed E-state index contributed by atoms with van der Waals surface area (Å²) >= 11 is 4.64. The Morgan fingerprint density at radius 3 is 2.35 bits per heavy atom. The van der Waals surface area contributed by atoms with Crippen LogP contribution >= 0.6 is 27.3 Å². The van der Waals surface area contributed by atoms with Gasteiger partial charge in [-0.2, -0.15) is 0 Å². The topological polar surface area (TPSA) is 17.1 Å². The van der Waals surface area contributed by atoms with Crippen LogP contribution in [0.1, 0.15) is 15.2 Å². The first-order valence-electron chi connectivity index (χ1n) is 4.79. The van der Waals surface area contributed by atoms with Gasteiger partial charge in [0.15, 0.2) is 5.78 Å². The highest BCUT2D eigenvalue weighted by Gasteiger charge is 2.17. The van der Waals surface area contributed by atoms with Crippen molar-refractivity contribution in [2.75, 3.05) is 0 Å². The van der Waals surface area contributed by atoms with Crippen molar-refractivity contribution in [3.05, 3.63) is 56.2 Å². The van der Waals surface area contributed by atoms with Gasteiger partial charge in [-0.1, -0.05) is 6.07 Å². The number of benzene rings is 1. The van der Waals surface area contributed by atoms with Gasteiger partial charge in [0.05, 0.1) is 9.35 Å². The minimum absolute atomic E-state index is 0.00806. The van der Waals surface area contributed by atoms with Gasteiger partial charge in [-0.25, -0.2) is 8.78 Å². The molecule has 2 rings (SSSR count). The first-order valence-corrected chi connectivity index (χ1v) is 6.40. The Bertz CT molecular complexity index is 545. The van der Waals surface area contributed by atoms with Crippen LogP contribution < -0.4 is 0 Å². The molecular weight excluding hydrogens is 310 g/mol.